The summed E-state index contributed by atoms with van der Waals surface area (Å²) in [6, 6.07) is 64.9. The minimum atomic E-state index is -0.131. The molecule has 8 aromatic rings. The molecule has 318 valence electrons. The van der Waals surface area contributed by atoms with Crippen molar-refractivity contribution in [1.82, 2.24) is 0 Å². The fraction of sp³-hybridized carbons (Fsp3) is 0.226. The Morgan fingerprint density at radius 2 is 1.00 bits per heavy atom. The lowest BCUT2D eigenvalue weighted by Crippen LogP contribution is -2.61. The van der Waals surface area contributed by atoms with E-state index in [1.165, 1.54) is 106 Å². The van der Waals surface area contributed by atoms with Gasteiger partial charge in [0.15, 0.2) is 0 Å². The second-order valence-electron chi connectivity index (χ2n) is 22.1. The Morgan fingerprint density at radius 3 is 1.69 bits per heavy atom. The van der Waals surface area contributed by atoms with Gasteiger partial charge in [0.2, 0.25) is 0 Å². The number of hydrogen-bond donors (Lipinski definition) is 0. The molecule has 2 heterocycles. The lowest BCUT2D eigenvalue weighted by atomic mass is 9.33. The van der Waals surface area contributed by atoms with E-state index >= 15 is 0 Å². The molecule has 2 nitrogen and oxygen atoms in total. The molecule has 4 aliphatic rings. The summed E-state index contributed by atoms with van der Waals surface area (Å²) in [5, 5.41) is 0. The molecule has 0 fully saturated rings. The van der Waals surface area contributed by atoms with E-state index in [1.807, 2.05) is 0 Å². The minimum absolute atomic E-state index is 0.0129. The zero-order valence-corrected chi connectivity index (χ0v) is 39.3. The van der Waals surface area contributed by atoms with Crippen molar-refractivity contribution in [3.05, 3.63) is 198 Å². The van der Waals surface area contributed by atoms with Crippen LogP contribution in [-0.4, -0.2) is 6.71 Å². The molecule has 0 spiro atoms. The molecule has 0 N–H and O–H groups in total. The quantitative estimate of drug-likeness (QED) is 0.163. The fourth-order valence-electron chi connectivity index (χ4n) is 12.6. The molecular weight excluding hydrogens is 784 g/mol. The number of benzene rings is 8. The van der Waals surface area contributed by atoms with Crippen molar-refractivity contribution in [3.63, 3.8) is 0 Å². The maximum atomic E-state index is 2.71. The van der Waals surface area contributed by atoms with Crippen LogP contribution >= 0.6 is 0 Å². The molecule has 0 saturated carbocycles. The van der Waals surface area contributed by atoms with Gasteiger partial charge >= 0.3 is 0 Å². The maximum Gasteiger partial charge on any atom is 0.252 e. The van der Waals surface area contributed by atoms with Crippen LogP contribution in [0, 0.1) is 0 Å². The van der Waals surface area contributed by atoms with E-state index in [1.54, 1.807) is 0 Å². The van der Waals surface area contributed by atoms with E-state index in [-0.39, 0.29) is 28.4 Å². The zero-order chi connectivity index (χ0) is 44.8. The number of fused-ring (bicyclic) bond motifs is 8. The van der Waals surface area contributed by atoms with Crippen LogP contribution in [0.15, 0.2) is 170 Å². The van der Waals surface area contributed by atoms with Crippen LogP contribution < -0.4 is 26.2 Å². The Bertz CT molecular complexity index is 3260. The molecule has 0 unspecified atom stereocenters. The van der Waals surface area contributed by atoms with Gasteiger partial charge in [-0.05, 0) is 137 Å². The molecule has 0 atom stereocenters. The third-order valence-corrected chi connectivity index (χ3v) is 15.6. The van der Waals surface area contributed by atoms with Crippen LogP contribution in [0.25, 0.3) is 33.4 Å². The molecule has 2 aliphatic carbocycles. The first kappa shape index (κ1) is 40.0. The predicted octanol–water partition coefficient (Wildman–Crippen LogP) is 14.7. The van der Waals surface area contributed by atoms with E-state index < -0.39 is 0 Å². The summed E-state index contributed by atoms with van der Waals surface area (Å²) in [7, 11) is 0. The van der Waals surface area contributed by atoms with Crippen LogP contribution in [-0.2, 0) is 21.7 Å². The summed E-state index contributed by atoms with van der Waals surface area (Å²) in [6.45, 7) is 21.8. The first-order valence-corrected chi connectivity index (χ1v) is 23.7. The van der Waals surface area contributed by atoms with E-state index in [0.717, 1.165) is 12.1 Å². The summed E-state index contributed by atoms with van der Waals surface area (Å²) in [5.41, 5.74) is 26.0. The smallest absolute Gasteiger partial charge is 0.252 e. The van der Waals surface area contributed by atoms with E-state index in [0.29, 0.717) is 0 Å². The summed E-state index contributed by atoms with van der Waals surface area (Å²) < 4.78 is 0. The largest absolute Gasteiger partial charge is 0.311 e. The minimum Gasteiger partial charge on any atom is -0.311 e. The van der Waals surface area contributed by atoms with Crippen molar-refractivity contribution in [1.29, 1.82) is 0 Å². The van der Waals surface area contributed by atoms with E-state index in [2.05, 4.69) is 242 Å². The Morgan fingerprint density at radius 1 is 0.431 bits per heavy atom. The van der Waals surface area contributed by atoms with Gasteiger partial charge in [-0.3, -0.25) is 0 Å². The van der Waals surface area contributed by atoms with Gasteiger partial charge in [-0.25, -0.2) is 0 Å². The topological polar surface area (TPSA) is 6.48 Å². The molecule has 0 amide bonds. The lowest BCUT2D eigenvalue weighted by Gasteiger charge is -2.46. The summed E-state index contributed by atoms with van der Waals surface area (Å²) in [6.07, 6.45) is 1.11. The highest BCUT2D eigenvalue weighted by Crippen LogP contribution is 2.57. The van der Waals surface area contributed by atoms with Crippen molar-refractivity contribution in [2.24, 2.45) is 0 Å². The van der Waals surface area contributed by atoms with Gasteiger partial charge < -0.3 is 9.80 Å². The normalized spacial score (nSPS) is 16.6. The lowest BCUT2D eigenvalue weighted by molar-refractivity contribution is 0.403. The van der Waals surface area contributed by atoms with Gasteiger partial charge in [0.25, 0.3) is 6.71 Å². The Hall–Kier alpha value is -6.58. The molecule has 8 aromatic carbocycles. The van der Waals surface area contributed by atoms with Crippen molar-refractivity contribution in [2.75, 3.05) is 9.80 Å². The number of hydrogen-bond acceptors (Lipinski definition) is 2. The highest BCUT2D eigenvalue weighted by Gasteiger charge is 2.49. The number of rotatable bonds is 4. The third-order valence-electron chi connectivity index (χ3n) is 15.6. The first-order chi connectivity index (χ1) is 31.1. The highest BCUT2D eigenvalue weighted by molar-refractivity contribution is 7.00. The SMILES string of the molecule is CC(C)(C)c1cc2c3c(c1)N(c1cccc4c1-c1ccccc1C4(C)C)c1cc4c(cc1B3c1ccc(-c3ccccc3)cc1N2c1cccc(-c2ccccc2)c1)C(C)(C)CC4(C)C. The number of nitrogens with zero attached hydrogens (tertiary/aromatic N) is 2. The molecule has 3 heteroatoms. The van der Waals surface area contributed by atoms with Crippen LogP contribution in [0.4, 0.5) is 34.1 Å². The molecule has 0 radical (unpaired) electrons. The van der Waals surface area contributed by atoms with Crippen LogP contribution in [0.2, 0.25) is 0 Å². The van der Waals surface area contributed by atoms with Gasteiger partial charge in [-0.2, -0.15) is 0 Å². The van der Waals surface area contributed by atoms with Gasteiger partial charge in [-0.1, -0.05) is 190 Å². The van der Waals surface area contributed by atoms with Crippen molar-refractivity contribution >= 4 is 57.2 Å². The van der Waals surface area contributed by atoms with Gasteiger partial charge in [0.05, 0.1) is 5.69 Å². The Labute approximate surface area is 386 Å². The molecule has 2 aliphatic heterocycles. The molecule has 0 aromatic heterocycles. The standard InChI is InChI=1S/C62H57BN2/c1-59(2,3)43-34-55-58-56(35-43)65(52-29-19-28-47-57(52)45-26-16-17-27-46(45)62(47,8)9)54-37-49-48(60(4,5)38-61(49,6)7)36-51(54)63(58)50-31-30-42(40-22-14-11-15-23-40)33-53(50)64(55)44-25-18-24-41(32-44)39-20-12-10-13-21-39/h10-37H,38H2,1-9H3. The van der Waals surface area contributed by atoms with Crippen LogP contribution in [0.3, 0.4) is 0 Å². The Kier molecular flexibility index (Phi) is 8.44. The summed E-state index contributed by atoms with van der Waals surface area (Å²) in [5.74, 6) is 0. The Balaban J connectivity index is 1.22. The summed E-state index contributed by atoms with van der Waals surface area (Å²) in [4.78, 5) is 5.32. The van der Waals surface area contributed by atoms with Crippen LogP contribution in [0.5, 0.6) is 0 Å². The maximum absolute atomic E-state index is 2.71. The molecule has 0 saturated heterocycles. The van der Waals surface area contributed by atoms with Gasteiger partial charge in [0.1, 0.15) is 0 Å². The third kappa shape index (κ3) is 5.87. The second-order valence-corrected chi connectivity index (χ2v) is 22.1. The van der Waals surface area contributed by atoms with E-state index in [4.69, 9.17) is 0 Å². The fourth-order valence-corrected chi connectivity index (χ4v) is 12.6. The molecule has 12 rings (SSSR count). The average molecular weight is 841 g/mol. The average Bonchev–Trinajstić information content (AvgIpc) is 3.65. The number of anilines is 6. The predicted molar refractivity (Wildman–Crippen MR) is 278 cm³/mol. The van der Waals surface area contributed by atoms with E-state index in [9.17, 15) is 0 Å². The monoisotopic (exact) mass is 840 g/mol. The molecular formula is C62H57BN2. The zero-order valence-electron chi connectivity index (χ0n) is 39.3. The van der Waals surface area contributed by atoms with Crippen molar-refractivity contribution in [2.45, 2.75) is 90.4 Å². The van der Waals surface area contributed by atoms with Crippen LogP contribution in [0.1, 0.15) is 96.6 Å². The summed E-state index contributed by atoms with van der Waals surface area (Å²) >= 11 is 0. The van der Waals surface area contributed by atoms with Gasteiger partial charge in [0, 0.05) is 39.4 Å². The second kappa shape index (κ2) is 13.7. The molecule has 0 bridgehead atoms. The highest BCUT2D eigenvalue weighted by atomic mass is 15.2. The molecule has 65 heavy (non-hydrogen) atoms. The van der Waals surface area contributed by atoms with Gasteiger partial charge in [-0.15, -0.1) is 0 Å². The van der Waals surface area contributed by atoms with Crippen molar-refractivity contribution in [3.8, 4) is 33.4 Å². The first-order valence-electron chi connectivity index (χ1n) is 23.7. The van der Waals surface area contributed by atoms with Crippen molar-refractivity contribution < 1.29 is 0 Å².